The van der Waals surface area contributed by atoms with Gasteiger partial charge in [0.05, 0.1) is 4.90 Å². The second-order valence-electron chi connectivity index (χ2n) is 5.34. The third-order valence-corrected chi connectivity index (χ3v) is 5.84. The summed E-state index contributed by atoms with van der Waals surface area (Å²) in [6.45, 7) is 5.05. The molecule has 1 saturated heterocycles. The van der Waals surface area contributed by atoms with Crippen molar-refractivity contribution in [3.05, 3.63) is 35.1 Å². The molecule has 2 heterocycles. The maximum absolute atomic E-state index is 12.7. The molecule has 0 unspecified atom stereocenters. The van der Waals surface area contributed by atoms with E-state index in [0.717, 1.165) is 5.56 Å². The van der Waals surface area contributed by atoms with Crippen LogP contribution in [0.5, 0.6) is 0 Å². The fraction of sp³-hybridized carbons (Fsp3) is 0.357. The molecule has 1 aromatic carbocycles. The van der Waals surface area contributed by atoms with Crippen molar-refractivity contribution in [3.8, 4) is 0 Å². The molecule has 1 fully saturated rings. The Kier molecular flexibility index (Phi) is 3.23. The van der Waals surface area contributed by atoms with Gasteiger partial charge >= 0.3 is 0 Å². The molecular formula is C14H15ClN2O2S. The third kappa shape index (κ3) is 2.01. The molecule has 0 amide bonds. The van der Waals surface area contributed by atoms with E-state index in [9.17, 15) is 8.42 Å². The molecule has 2 aromatic rings. The van der Waals surface area contributed by atoms with Gasteiger partial charge in [0.25, 0.3) is 0 Å². The third-order valence-electron chi connectivity index (χ3n) is 3.66. The second kappa shape index (κ2) is 4.69. The number of halogens is 1. The van der Waals surface area contributed by atoms with Crippen molar-refractivity contribution in [1.82, 2.24) is 9.29 Å². The van der Waals surface area contributed by atoms with E-state index < -0.39 is 10.0 Å². The first-order chi connectivity index (χ1) is 9.41. The van der Waals surface area contributed by atoms with Crippen LogP contribution in [-0.4, -0.2) is 30.8 Å². The van der Waals surface area contributed by atoms with Crippen molar-refractivity contribution in [2.75, 3.05) is 13.1 Å². The highest BCUT2D eigenvalue weighted by atomic mass is 35.5. The van der Waals surface area contributed by atoms with E-state index in [-0.39, 0.29) is 0 Å². The second-order valence-corrected chi connectivity index (χ2v) is 7.60. The Morgan fingerprint density at radius 3 is 2.70 bits per heavy atom. The highest BCUT2D eigenvalue weighted by molar-refractivity contribution is 7.89. The van der Waals surface area contributed by atoms with Gasteiger partial charge in [0, 0.05) is 30.1 Å². The fourth-order valence-electron chi connectivity index (χ4n) is 2.59. The number of sulfonamides is 1. The van der Waals surface area contributed by atoms with Gasteiger partial charge in [-0.15, -0.1) is 0 Å². The average Bonchev–Trinajstić information content (AvgIpc) is 2.39. The molecule has 20 heavy (non-hydrogen) atoms. The first-order valence-electron chi connectivity index (χ1n) is 6.45. The summed E-state index contributed by atoms with van der Waals surface area (Å²) in [4.78, 5) is 4.40. The summed E-state index contributed by atoms with van der Waals surface area (Å²) < 4.78 is 26.9. The lowest BCUT2D eigenvalue weighted by molar-refractivity contribution is 0.218. The lowest BCUT2D eigenvalue weighted by Gasteiger charge is -2.36. The van der Waals surface area contributed by atoms with Crippen LogP contribution in [0.25, 0.3) is 10.8 Å². The minimum Gasteiger partial charge on any atom is -0.244 e. The van der Waals surface area contributed by atoms with Crippen LogP contribution in [0.2, 0.25) is 5.15 Å². The van der Waals surface area contributed by atoms with Crippen molar-refractivity contribution < 1.29 is 8.42 Å². The van der Waals surface area contributed by atoms with Crippen LogP contribution >= 0.6 is 11.6 Å². The monoisotopic (exact) mass is 310 g/mol. The van der Waals surface area contributed by atoms with Crippen LogP contribution in [0.4, 0.5) is 0 Å². The molecule has 106 valence electrons. The fourth-order valence-corrected chi connectivity index (χ4v) is 4.75. The number of rotatable bonds is 2. The number of hydrogen-bond acceptors (Lipinski definition) is 3. The van der Waals surface area contributed by atoms with E-state index in [1.165, 1.54) is 4.31 Å². The van der Waals surface area contributed by atoms with Crippen LogP contribution in [0.1, 0.15) is 12.5 Å². The standard InChI is InChI=1S/C14H15ClN2O2S/c1-9-7-17(8-9)20(18,19)12-5-3-4-11-13(12)10(2)6-16-14(11)15/h3-6,9H,7-8H2,1-2H3. The van der Waals surface area contributed by atoms with E-state index in [1.54, 1.807) is 24.4 Å². The van der Waals surface area contributed by atoms with Crippen LogP contribution in [-0.2, 0) is 10.0 Å². The van der Waals surface area contributed by atoms with Gasteiger partial charge in [0.2, 0.25) is 10.0 Å². The summed E-state index contributed by atoms with van der Waals surface area (Å²) >= 11 is 6.08. The molecular weight excluding hydrogens is 296 g/mol. The van der Waals surface area contributed by atoms with Crippen molar-refractivity contribution in [2.45, 2.75) is 18.7 Å². The number of nitrogens with zero attached hydrogens (tertiary/aromatic N) is 2. The number of fused-ring (bicyclic) bond motifs is 1. The minimum atomic E-state index is -3.45. The summed E-state index contributed by atoms with van der Waals surface area (Å²) in [5.74, 6) is 0.422. The van der Waals surface area contributed by atoms with E-state index in [0.29, 0.717) is 39.8 Å². The first-order valence-corrected chi connectivity index (χ1v) is 8.27. The van der Waals surface area contributed by atoms with Crippen molar-refractivity contribution >= 4 is 32.4 Å². The molecule has 4 nitrogen and oxygen atoms in total. The summed E-state index contributed by atoms with van der Waals surface area (Å²) in [5, 5.41) is 1.69. The SMILES string of the molecule is Cc1cnc(Cl)c2cccc(S(=O)(=O)N3CC(C)C3)c12. The molecule has 3 rings (SSSR count). The molecule has 1 aliphatic rings. The Hall–Kier alpha value is -1.17. The summed E-state index contributed by atoms with van der Waals surface area (Å²) in [5.41, 5.74) is 0.817. The molecule has 0 bridgehead atoms. The summed E-state index contributed by atoms with van der Waals surface area (Å²) in [7, 11) is -3.45. The van der Waals surface area contributed by atoms with E-state index >= 15 is 0 Å². The lowest BCUT2D eigenvalue weighted by atomic mass is 10.1. The van der Waals surface area contributed by atoms with Crippen molar-refractivity contribution in [3.63, 3.8) is 0 Å². The zero-order valence-electron chi connectivity index (χ0n) is 11.3. The molecule has 0 aliphatic carbocycles. The Balaban J connectivity index is 2.25. The molecule has 1 aliphatic heterocycles. The Morgan fingerprint density at radius 1 is 1.35 bits per heavy atom. The van der Waals surface area contributed by atoms with Gasteiger partial charge in [-0.3, -0.25) is 0 Å². The Labute approximate surface area is 123 Å². The molecule has 0 spiro atoms. The molecule has 0 N–H and O–H groups in total. The highest BCUT2D eigenvalue weighted by Gasteiger charge is 2.35. The zero-order valence-corrected chi connectivity index (χ0v) is 12.9. The average molecular weight is 311 g/mol. The van der Waals surface area contributed by atoms with Gasteiger partial charge in [-0.25, -0.2) is 13.4 Å². The van der Waals surface area contributed by atoms with Gasteiger partial charge in [0.1, 0.15) is 5.15 Å². The predicted octanol–water partition coefficient (Wildman–Crippen LogP) is 2.84. The number of aromatic nitrogens is 1. The largest absolute Gasteiger partial charge is 0.244 e. The molecule has 1 aromatic heterocycles. The molecule has 0 saturated carbocycles. The Morgan fingerprint density at radius 2 is 2.05 bits per heavy atom. The minimum absolute atomic E-state index is 0.323. The molecule has 0 atom stereocenters. The van der Waals surface area contributed by atoms with Gasteiger partial charge in [-0.1, -0.05) is 30.7 Å². The van der Waals surface area contributed by atoms with Crippen LogP contribution in [0.3, 0.4) is 0 Å². The maximum Gasteiger partial charge on any atom is 0.243 e. The topological polar surface area (TPSA) is 50.3 Å². The van der Waals surface area contributed by atoms with Gasteiger partial charge < -0.3 is 0 Å². The Bertz CT molecular complexity index is 783. The van der Waals surface area contributed by atoms with Gasteiger partial charge in [-0.2, -0.15) is 4.31 Å². The maximum atomic E-state index is 12.7. The van der Waals surface area contributed by atoms with Crippen molar-refractivity contribution in [1.29, 1.82) is 0 Å². The normalized spacial score (nSPS) is 17.4. The van der Waals surface area contributed by atoms with E-state index in [2.05, 4.69) is 4.98 Å². The number of hydrogen-bond donors (Lipinski definition) is 0. The van der Waals surface area contributed by atoms with Gasteiger partial charge in [0.15, 0.2) is 0 Å². The smallest absolute Gasteiger partial charge is 0.243 e. The molecule has 6 heteroatoms. The van der Waals surface area contributed by atoms with Crippen LogP contribution in [0, 0.1) is 12.8 Å². The molecule has 0 radical (unpaired) electrons. The van der Waals surface area contributed by atoms with E-state index in [1.807, 2.05) is 13.8 Å². The van der Waals surface area contributed by atoms with Gasteiger partial charge in [-0.05, 0) is 24.5 Å². The highest BCUT2D eigenvalue weighted by Crippen LogP contribution is 2.33. The van der Waals surface area contributed by atoms with Crippen LogP contribution < -0.4 is 0 Å². The zero-order chi connectivity index (χ0) is 14.5. The summed E-state index contributed by atoms with van der Waals surface area (Å²) in [6.07, 6.45) is 1.61. The number of pyridine rings is 1. The predicted molar refractivity (Wildman–Crippen MR) is 79.4 cm³/mol. The summed E-state index contributed by atoms with van der Waals surface area (Å²) in [6, 6.07) is 5.16. The van der Waals surface area contributed by atoms with Crippen LogP contribution in [0.15, 0.2) is 29.3 Å². The first kappa shape index (κ1) is 13.8. The number of benzene rings is 1. The quantitative estimate of drug-likeness (QED) is 0.801. The van der Waals surface area contributed by atoms with Crippen molar-refractivity contribution in [2.24, 2.45) is 5.92 Å². The number of aryl methyl sites for hydroxylation is 1. The lowest BCUT2D eigenvalue weighted by Crippen LogP contribution is -2.48. The van der Waals surface area contributed by atoms with E-state index in [4.69, 9.17) is 11.6 Å².